The predicted octanol–water partition coefficient (Wildman–Crippen LogP) is 4.27. The van der Waals surface area contributed by atoms with Crippen molar-refractivity contribution in [2.45, 2.75) is 52.0 Å². The van der Waals surface area contributed by atoms with Crippen LogP contribution in [0.2, 0.25) is 0 Å². The Hall–Kier alpha value is -3.87. The number of nitrogen functional groups attached to an aromatic ring is 1. The second-order valence-corrected chi connectivity index (χ2v) is 8.93. The molecular formula is C28H32N4O3. The standard InChI is InChI=1S/C28H32N4O3/c1-2-20-13-15-23(16-14-20)27(34)31(18-17-21-9-5-3-6-10-21)24-25(29)32(28(35)30-26(24)33)19-22-11-7-4-8-12-22/h4,7-9,11-16H,2-3,5-6,10,17-19,29H2,1H3,(H,30,33,35). The molecule has 3 aromatic rings. The fourth-order valence-electron chi connectivity index (χ4n) is 4.50. The number of H-pyrrole nitrogens is 1. The van der Waals surface area contributed by atoms with Crippen LogP contribution in [-0.2, 0) is 13.0 Å². The Morgan fingerprint density at radius 2 is 1.77 bits per heavy atom. The lowest BCUT2D eigenvalue weighted by Gasteiger charge is -2.26. The molecule has 4 rings (SSSR count). The zero-order valence-corrected chi connectivity index (χ0v) is 20.1. The molecule has 7 nitrogen and oxygen atoms in total. The zero-order chi connectivity index (χ0) is 24.8. The molecule has 1 amide bonds. The first-order chi connectivity index (χ1) is 17.0. The number of rotatable bonds is 8. The molecule has 0 unspecified atom stereocenters. The van der Waals surface area contributed by atoms with Crippen molar-refractivity contribution >= 4 is 17.4 Å². The van der Waals surface area contributed by atoms with Gasteiger partial charge in [0.05, 0.1) is 6.54 Å². The van der Waals surface area contributed by atoms with Crippen molar-refractivity contribution in [3.8, 4) is 0 Å². The van der Waals surface area contributed by atoms with Gasteiger partial charge < -0.3 is 10.6 Å². The SMILES string of the molecule is CCc1ccc(C(=O)N(CCC2=CCCCC2)c2c(N)n(Cc3ccccc3)c(=O)[nH]c2=O)cc1. The van der Waals surface area contributed by atoms with Crippen LogP contribution in [0.25, 0.3) is 0 Å². The minimum atomic E-state index is -0.659. The second-order valence-electron chi connectivity index (χ2n) is 8.93. The number of amides is 1. The molecule has 0 spiro atoms. The summed E-state index contributed by atoms with van der Waals surface area (Å²) in [7, 11) is 0. The Kier molecular flexibility index (Phi) is 7.65. The van der Waals surface area contributed by atoms with Gasteiger partial charge >= 0.3 is 5.69 Å². The van der Waals surface area contributed by atoms with E-state index in [9.17, 15) is 14.4 Å². The van der Waals surface area contributed by atoms with Gasteiger partial charge in [0.2, 0.25) is 0 Å². The summed E-state index contributed by atoms with van der Waals surface area (Å²) in [6.45, 7) is 2.54. The summed E-state index contributed by atoms with van der Waals surface area (Å²) >= 11 is 0. The van der Waals surface area contributed by atoms with Gasteiger partial charge in [-0.15, -0.1) is 0 Å². The summed E-state index contributed by atoms with van der Waals surface area (Å²) in [6.07, 6.45) is 8.07. The predicted molar refractivity (Wildman–Crippen MR) is 140 cm³/mol. The van der Waals surface area contributed by atoms with E-state index in [1.807, 2.05) is 42.5 Å². The number of anilines is 2. The fourth-order valence-corrected chi connectivity index (χ4v) is 4.50. The monoisotopic (exact) mass is 472 g/mol. The lowest BCUT2D eigenvalue weighted by atomic mass is 9.97. The molecule has 1 aromatic heterocycles. The number of aromatic amines is 1. The first-order valence-corrected chi connectivity index (χ1v) is 12.2. The third-order valence-corrected chi connectivity index (χ3v) is 6.56. The molecule has 0 aliphatic heterocycles. The van der Waals surface area contributed by atoms with E-state index < -0.39 is 11.2 Å². The van der Waals surface area contributed by atoms with Gasteiger partial charge in [-0.3, -0.25) is 19.1 Å². The summed E-state index contributed by atoms with van der Waals surface area (Å²) in [5.74, 6) is -0.329. The van der Waals surface area contributed by atoms with Gasteiger partial charge in [0.25, 0.3) is 11.5 Å². The Morgan fingerprint density at radius 3 is 2.43 bits per heavy atom. The summed E-state index contributed by atoms with van der Waals surface area (Å²) in [6, 6.07) is 16.8. The van der Waals surface area contributed by atoms with Crippen LogP contribution in [0.4, 0.5) is 11.5 Å². The van der Waals surface area contributed by atoms with Crippen LogP contribution in [0, 0.1) is 0 Å². The van der Waals surface area contributed by atoms with E-state index in [4.69, 9.17) is 5.73 Å². The van der Waals surface area contributed by atoms with E-state index >= 15 is 0 Å². The quantitative estimate of drug-likeness (QED) is 0.478. The molecule has 3 N–H and O–H groups in total. The molecule has 0 radical (unpaired) electrons. The van der Waals surface area contributed by atoms with Crippen LogP contribution in [-0.4, -0.2) is 22.0 Å². The molecule has 7 heteroatoms. The van der Waals surface area contributed by atoms with E-state index in [1.54, 1.807) is 12.1 Å². The van der Waals surface area contributed by atoms with Gasteiger partial charge in [-0.1, -0.05) is 61.0 Å². The number of nitrogens with one attached hydrogen (secondary N) is 1. The molecule has 2 aromatic carbocycles. The normalized spacial score (nSPS) is 13.3. The topological polar surface area (TPSA) is 101 Å². The summed E-state index contributed by atoms with van der Waals surface area (Å²) < 4.78 is 1.31. The number of nitrogens with zero attached hydrogens (tertiary/aromatic N) is 2. The van der Waals surface area contributed by atoms with Gasteiger partial charge in [-0.25, -0.2) is 4.79 Å². The number of benzene rings is 2. The van der Waals surface area contributed by atoms with Crippen molar-refractivity contribution in [1.29, 1.82) is 0 Å². The van der Waals surface area contributed by atoms with E-state index in [0.717, 1.165) is 36.8 Å². The van der Waals surface area contributed by atoms with Gasteiger partial charge in [-0.05, 0) is 61.8 Å². The summed E-state index contributed by atoms with van der Waals surface area (Å²) in [5.41, 5.74) is 8.93. The van der Waals surface area contributed by atoms with Crippen molar-refractivity contribution in [2.75, 3.05) is 17.2 Å². The Morgan fingerprint density at radius 1 is 1.03 bits per heavy atom. The number of carbonyl (C=O) groups is 1. The van der Waals surface area contributed by atoms with Gasteiger partial charge in [0, 0.05) is 12.1 Å². The van der Waals surface area contributed by atoms with E-state index in [0.29, 0.717) is 18.5 Å². The fraction of sp³-hybridized carbons (Fsp3) is 0.321. The minimum Gasteiger partial charge on any atom is -0.383 e. The number of hydrogen-bond acceptors (Lipinski definition) is 4. The maximum Gasteiger partial charge on any atom is 0.330 e. The highest BCUT2D eigenvalue weighted by Crippen LogP contribution is 2.25. The van der Waals surface area contributed by atoms with Gasteiger partial charge in [0.15, 0.2) is 5.69 Å². The van der Waals surface area contributed by atoms with Gasteiger partial charge in [0.1, 0.15) is 5.82 Å². The van der Waals surface area contributed by atoms with Crippen LogP contribution in [0.5, 0.6) is 0 Å². The van der Waals surface area contributed by atoms with E-state index in [1.165, 1.54) is 21.5 Å². The number of carbonyl (C=O) groups excluding carboxylic acids is 1. The Labute approximate surface area is 204 Å². The molecule has 1 aliphatic carbocycles. The maximum absolute atomic E-state index is 13.7. The van der Waals surface area contributed by atoms with E-state index in [2.05, 4.69) is 18.0 Å². The van der Waals surface area contributed by atoms with Crippen molar-refractivity contribution < 1.29 is 4.79 Å². The molecule has 182 valence electrons. The van der Waals surface area contributed by atoms with Crippen LogP contribution < -0.4 is 21.9 Å². The molecule has 1 aliphatic rings. The molecular weight excluding hydrogens is 440 g/mol. The number of allylic oxidation sites excluding steroid dienone is 1. The second kappa shape index (κ2) is 11.0. The highest BCUT2D eigenvalue weighted by molar-refractivity contribution is 6.07. The van der Waals surface area contributed by atoms with Crippen molar-refractivity contribution in [3.05, 3.63) is 104 Å². The lowest BCUT2D eigenvalue weighted by molar-refractivity contribution is 0.0986. The van der Waals surface area contributed by atoms with E-state index in [-0.39, 0.29) is 24.0 Å². The highest BCUT2D eigenvalue weighted by atomic mass is 16.2. The van der Waals surface area contributed by atoms with Crippen molar-refractivity contribution in [1.82, 2.24) is 9.55 Å². The first-order valence-electron chi connectivity index (χ1n) is 12.2. The van der Waals surface area contributed by atoms with Crippen molar-refractivity contribution in [3.63, 3.8) is 0 Å². The molecule has 0 saturated carbocycles. The smallest absolute Gasteiger partial charge is 0.330 e. The van der Waals surface area contributed by atoms with Crippen LogP contribution in [0.3, 0.4) is 0 Å². The number of aromatic nitrogens is 2. The first kappa shape index (κ1) is 24.3. The highest BCUT2D eigenvalue weighted by Gasteiger charge is 2.25. The van der Waals surface area contributed by atoms with Crippen LogP contribution >= 0.6 is 0 Å². The molecule has 0 bridgehead atoms. The third-order valence-electron chi connectivity index (χ3n) is 6.56. The summed E-state index contributed by atoms with van der Waals surface area (Å²) in [4.78, 5) is 43.2. The Balaban J connectivity index is 1.75. The molecule has 35 heavy (non-hydrogen) atoms. The molecule has 0 atom stereocenters. The average molecular weight is 473 g/mol. The largest absolute Gasteiger partial charge is 0.383 e. The number of hydrogen-bond donors (Lipinski definition) is 2. The Bertz CT molecular complexity index is 1320. The minimum absolute atomic E-state index is 0.0150. The summed E-state index contributed by atoms with van der Waals surface area (Å²) in [5, 5.41) is 0. The number of nitrogens with two attached hydrogens (primary N) is 1. The molecule has 1 heterocycles. The zero-order valence-electron chi connectivity index (χ0n) is 20.1. The molecule has 0 fully saturated rings. The maximum atomic E-state index is 13.7. The van der Waals surface area contributed by atoms with Gasteiger partial charge in [-0.2, -0.15) is 0 Å². The number of aryl methyl sites for hydroxylation is 1. The lowest BCUT2D eigenvalue weighted by Crippen LogP contribution is -2.42. The van der Waals surface area contributed by atoms with Crippen molar-refractivity contribution in [2.24, 2.45) is 0 Å². The van der Waals surface area contributed by atoms with Crippen LogP contribution in [0.1, 0.15) is 60.5 Å². The van der Waals surface area contributed by atoms with Crippen LogP contribution in [0.15, 0.2) is 75.8 Å². The average Bonchev–Trinajstić information content (AvgIpc) is 2.89. The molecule has 0 saturated heterocycles. The third kappa shape index (κ3) is 5.62.